The van der Waals surface area contributed by atoms with Gasteiger partial charge < -0.3 is 20.1 Å². The first-order valence-electron chi connectivity index (χ1n) is 8.26. The molecule has 0 bridgehead atoms. The highest BCUT2D eigenvalue weighted by Gasteiger charge is 2.17. The maximum atomic E-state index is 12.6. The molecule has 3 rings (SSSR count). The average molecular weight is 398 g/mol. The predicted molar refractivity (Wildman–Crippen MR) is 105 cm³/mol. The highest BCUT2D eigenvalue weighted by molar-refractivity contribution is 7.12. The van der Waals surface area contributed by atoms with Gasteiger partial charge in [-0.25, -0.2) is 4.98 Å². The molecule has 9 heteroatoms. The zero-order valence-electron chi connectivity index (χ0n) is 15.3. The third-order valence-corrected chi connectivity index (χ3v) is 4.76. The molecule has 144 valence electrons. The van der Waals surface area contributed by atoms with Crippen LogP contribution in [-0.4, -0.2) is 36.0 Å². The minimum atomic E-state index is -0.435. The number of thiophene rings is 1. The summed E-state index contributed by atoms with van der Waals surface area (Å²) >= 11 is 1.23. The van der Waals surface area contributed by atoms with E-state index in [1.807, 2.05) is 0 Å². The van der Waals surface area contributed by atoms with Crippen LogP contribution in [-0.2, 0) is 6.54 Å². The van der Waals surface area contributed by atoms with E-state index in [4.69, 9.17) is 9.47 Å². The largest absolute Gasteiger partial charge is 0.497 e. The van der Waals surface area contributed by atoms with Crippen molar-refractivity contribution in [1.29, 1.82) is 0 Å². The molecule has 1 aromatic carbocycles. The normalized spacial score (nSPS) is 10.2. The van der Waals surface area contributed by atoms with Gasteiger partial charge in [0.25, 0.3) is 11.8 Å². The maximum Gasteiger partial charge on any atom is 0.275 e. The lowest BCUT2D eigenvalue weighted by Crippen LogP contribution is -2.24. The summed E-state index contributed by atoms with van der Waals surface area (Å²) in [5.41, 5.74) is 1.36. The molecular formula is C19H18N4O4S. The zero-order chi connectivity index (χ0) is 19.9. The van der Waals surface area contributed by atoms with Crippen molar-refractivity contribution in [1.82, 2.24) is 15.3 Å². The third kappa shape index (κ3) is 4.44. The van der Waals surface area contributed by atoms with Crippen LogP contribution < -0.4 is 20.1 Å². The Bertz CT molecular complexity index is 975. The van der Waals surface area contributed by atoms with E-state index >= 15 is 0 Å². The minimum Gasteiger partial charge on any atom is -0.497 e. The van der Waals surface area contributed by atoms with Crippen molar-refractivity contribution in [2.75, 3.05) is 19.5 Å². The van der Waals surface area contributed by atoms with E-state index in [0.29, 0.717) is 22.1 Å². The second-order valence-corrected chi connectivity index (χ2v) is 6.48. The molecule has 0 radical (unpaired) electrons. The number of methoxy groups -OCH3 is 2. The van der Waals surface area contributed by atoms with Gasteiger partial charge >= 0.3 is 0 Å². The average Bonchev–Trinajstić information content (AvgIpc) is 3.20. The molecule has 8 nitrogen and oxygen atoms in total. The van der Waals surface area contributed by atoms with Gasteiger partial charge in [0.1, 0.15) is 22.1 Å². The molecule has 0 saturated carbocycles. The smallest absolute Gasteiger partial charge is 0.275 e. The molecule has 0 unspecified atom stereocenters. The molecule has 2 heterocycles. The van der Waals surface area contributed by atoms with Crippen LogP contribution in [0.2, 0.25) is 0 Å². The summed E-state index contributed by atoms with van der Waals surface area (Å²) in [6.07, 6.45) is 4.27. The Labute approximate surface area is 165 Å². The second-order valence-electron chi connectivity index (χ2n) is 5.57. The summed E-state index contributed by atoms with van der Waals surface area (Å²) < 4.78 is 10.5. The van der Waals surface area contributed by atoms with Crippen LogP contribution in [0.3, 0.4) is 0 Å². The number of nitrogens with one attached hydrogen (secondary N) is 2. The lowest BCUT2D eigenvalue weighted by Gasteiger charge is -2.12. The molecule has 0 aliphatic rings. The van der Waals surface area contributed by atoms with Crippen LogP contribution in [0, 0.1) is 0 Å². The Balaban J connectivity index is 1.69. The number of ether oxygens (including phenoxy) is 2. The Hall–Kier alpha value is -3.46. The number of aromatic nitrogens is 2. The Morgan fingerprint density at radius 3 is 2.68 bits per heavy atom. The van der Waals surface area contributed by atoms with Crippen molar-refractivity contribution in [3.8, 4) is 11.5 Å². The second kappa shape index (κ2) is 8.96. The number of hydrogen-bond acceptors (Lipinski definition) is 7. The molecule has 0 spiro atoms. The van der Waals surface area contributed by atoms with Crippen molar-refractivity contribution in [2.24, 2.45) is 0 Å². The molecule has 0 aliphatic carbocycles. The van der Waals surface area contributed by atoms with Crippen LogP contribution in [0.15, 0.2) is 48.2 Å². The number of amides is 2. The number of benzene rings is 1. The SMILES string of the molecule is COc1ccc(OC)c(CNC(=O)c2sccc2NC(=O)c2cnccn2)c1. The first-order valence-corrected chi connectivity index (χ1v) is 9.14. The van der Waals surface area contributed by atoms with Gasteiger partial charge in [-0.2, -0.15) is 0 Å². The first-order chi connectivity index (χ1) is 13.6. The molecule has 3 aromatic rings. The molecule has 0 atom stereocenters. The van der Waals surface area contributed by atoms with Gasteiger partial charge in [0.2, 0.25) is 0 Å². The number of carbonyl (C=O) groups is 2. The molecule has 2 aromatic heterocycles. The first kappa shape index (κ1) is 19.3. The molecule has 0 aliphatic heterocycles. The quantitative estimate of drug-likeness (QED) is 0.634. The van der Waals surface area contributed by atoms with E-state index in [1.165, 1.54) is 29.9 Å². The topological polar surface area (TPSA) is 102 Å². The predicted octanol–water partition coefficient (Wildman–Crippen LogP) is 2.74. The van der Waals surface area contributed by atoms with Crippen LogP contribution in [0.25, 0.3) is 0 Å². The fourth-order valence-electron chi connectivity index (χ4n) is 2.46. The number of anilines is 1. The van der Waals surface area contributed by atoms with Crippen LogP contribution in [0.4, 0.5) is 5.69 Å². The third-order valence-electron chi connectivity index (χ3n) is 3.84. The van der Waals surface area contributed by atoms with Crippen LogP contribution >= 0.6 is 11.3 Å². The van der Waals surface area contributed by atoms with Crippen LogP contribution in [0.1, 0.15) is 25.7 Å². The highest BCUT2D eigenvalue weighted by atomic mass is 32.1. The van der Waals surface area contributed by atoms with Crippen molar-refractivity contribution >= 4 is 28.8 Å². The number of hydrogen-bond donors (Lipinski definition) is 2. The maximum absolute atomic E-state index is 12.6. The summed E-state index contributed by atoms with van der Waals surface area (Å²) in [4.78, 5) is 33.1. The van der Waals surface area contributed by atoms with E-state index in [-0.39, 0.29) is 18.1 Å². The summed E-state index contributed by atoms with van der Waals surface area (Å²) in [6.45, 7) is 0.245. The fraction of sp³-hybridized carbons (Fsp3) is 0.158. The molecule has 0 fully saturated rings. The summed E-state index contributed by atoms with van der Waals surface area (Å²) in [7, 11) is 3.13. The zero-order valence-corrected chi connectivity index (χ0v) is 16.1. The van der Waals surface area contributed by atoms with E-state index in [1.54, 1.807) is 43.9 Å². The standard InChI is InChI=1S/C19H18N4O4S/c1-26-13-3-4-16(27-2)12(9-13)10-22-19(25)17-14(5-8-28-17)23-18(24)15-11-20-6-7-21-15/h3-9,11H,10H2,1-2H3,(H,22,25)(H,23,24). The fourth-order valence-corrected chi connectivity index (χ4v) is 3.23. The number of rotatable bonds is 7. The van der Waals surface area contributed by atoms with E-state index < -0.39 is 5.91 Å². The van der Waals surface area contributed by atoms with E-state index in [2.05, 4.69) is 20.6 Å². The van der Waals surface area contributed by atoms with Crippen LogP contribution in [0.5, 0.6) is 11.5 Å². The van der Waals surface area contributed by atoms with Gasteiger partial charge in [-0.1, -0.05) is 0 Å². The van der Waals surface area contributed by atoms with Gasteiger partial charge in [-0.05, 0) is 29.6 Å². The Morgan fingerprint density at radius 1 is 1.11 bits per heavy atom. The summed E-state index contributed by atoms with van der Waals surface area (Å²) in [5.74, 6) is 0.561. The van der Waals surface area contributed by atoms with Crippen molar-refractivity contribution in [3.05, 3.63) is 64.4 Å². The lowest BCUT2D eigenvalue weighted by molar-refractivity contribution is 0.0955. The lowest BCUT2D eigenvalue weighted by atomic mass is 10.2. The summed E-state index contributed by atoms with van der Waals surface area (Å²) in [5, 5.41) is 7.26. The van der Waals surface area contributed by atoms with E-state index in [0.717, 1.165) is 5.56 Å². The van der Waals surface area contributed by atoms with Gasteiger partial charge in [-0.15, -0.1) is 11.3 Å². The molecule has 28 heavy (non-hydrogen) atoms. The van der Waals surface area contributed by atoms with Gasteiger partial charge in [0.15, 0.2) is 0 Å². The minimum absolute atomic E-state index is 0.168. The van der Waals surface area contributed by atoms with E-state index in [9.17, 15) is 9.59 Å². The van der Waals surface area contributed by atoms with Gasteiger partial charge in [0.05, 0.1) is 26.1 Å². The monoisotopic (exact) mass is 398 g/mol. The van der Waals surface area contributed by atoms with Gasteiger partial charge in [0, 0.05) is 24.5 Å². The highest BCUT2D eigenvalue weighted by Crippen LogP contribution is 2.25. The van der Waals surface area contributed by atoms with Gasteiger partial charge in [-0.3, -0.25) is 14.6 Å². The number of nitrogens with zero attached hydrogens (tertiary/aromatic N) is 2. The molecular weight excluding hydrogens is 380 g/mol. The number of carbonyl (C=O) groups excluding carboxylic acids is 2. The Kier molecular flexibility index (Phi) is 6.18. The molecule has 2 N–H and O–H groups in total. The van der Waals surface area contributed by atoms with Crippen molar-refractivity contribution in [2.45, 2.75) is 6.54 Å². The molecule has 0 saturated heterocycles. The van der Waals surface area contributed by atoms with Crippen molar-refractivity contribution in [3.63, 3.8) is 0 Å². The Morgan fingerprint density at radius 2 is 1.96 bits per heavy atom. The van der Waals surface area contributed by atoms with Crippen molar-refractivity contribution < 1.29 is 19.1 Å². The molecule has 2 amide bonds. The summed E-state index contributed by atoms with van der Waals surface area (Å²) in [6, 6.07) is 7.02.